The number of hydrogen-bond donors (Lipinski definition) is 4. The molecule has 0 radical (unpaired) electrons. The molecule has 1 heterocycles. The number of aliphatic hydroxyl groups excluding tert-OH is 1. The molecule has 0 bridgehead atoms. The van der Waals surface area contributed by atoms with Crippen molar-refractivity contribution in [2.75, 3.05) is 13.2 Å². The van der Waals surface area contributed by atoms with Crippen molar-refractivity contribution in [1.29, 1.82) is 0 Å². The fraction of sp³-hybridized carbons (Fsp3) is 0.231. The van der Waals surface area contributed by atoms with Crippen LogP contribution >= 0.6 is 0 Å². The van der Waals surface area contributed by atoms with Gasteiger partial charge in [-0.3, -0.25) is 9.78 Å². The molecular formula is C26H25N3O6. The third kappa shape index (κ3) is 5.47. The van der Waals surface area contributed by atoms with E-state index in [-0.39, 0.29) is 37.7 Å². The lowest BCUT2D eigenvalue weighted by atomic mass is 9.98. The number of aliphatic carboxylic acids is 1. The third-order valence-corrected chi connectivity index (χ3v) is 5.86. The molecule has 9 heteroatoms. The van der Waals surface area contributed by atoms with E-state index in [2.05, 4.69) is 27.8 Å². The Morgan fingerprint density at radius 2 is 1.66 bits per heavy atom. The Morgan fingerprint density at radius 1 is 1.00 bits per heavy atom. The number of aromatic nitrogens is 1. The highest BCUT2D eigenvalue weighted by Gasteiger charge is 2.29. The summed E-state index contributed by atoms with van der Waals surface area (Å²) in [6, 6.07) is 17.8. The van der Waals surface area contributed by atoms with Crippen LogP contribution in [0.4, 0.5) is 4.79 Å². The summed E-state index contributed by atoms with van der Waals surface area (Å²) >= 11 is 0. The van der Waals surface area contributed by atoms with E-state index in [1.54, 1.807) is 0 Å². The van der Waals surface area contributed by atoms with Crippen LogP contribution in [0.5, 0.6) is 0 Å². The number of alkyl carbamates (subject to hydrolysis) is 1. The number of carbonyl (C=O) groups is 3. The van der Waals surface area contributed by atoms with E-state index in [0.717, 1.165) is 22.3 Å². The molecule has 0 spiro atoms. The Labute approximate surface area is 201 Å². The van der Waals surface area contributed by atoms with E-state index in [4.69, 9.17) is 14.9 Å². The zero-order valence-corrected chi connectivity index (χ0v) is 18.8. The molecule has 0 unspecified atom stereocenters. The second kappa shape index (κ2) is 10.8. The molecule has 4 rings (SSSR count). The van der Waals surface area contributed by atoms with Crippen molar-refractivity contribution < 1.29 is 29.3 Å². The van der Waals surface area contributed by atoms with E-state index in [9.17, 15) is 14.4 Å². The fourth-order valence-electron chi connectivity index (χ4n) is 4.16. The van der Waals surface area contributed by atoms with Crippen LogP contribution in [0.3, 0.4) is 0 Å². The summed E-state index contributed by atoms with van der Waals surface area (Å²) in [5.74, 6) is -1.91. The number of benzene rings is 2. The van der Waals surface area contributed by atoms with Crippen LogP contribution in [0.15, 0.2) is 66.9 Å². The number of rotatable bonds is 9. The molecule has 180 valence electrons. The Hall–Kier alpha value is -4.24. The Kier molecular flexibility index (Phi) is 7.37. The summed E-state index contributed by atoms with van der Waals surface area (Å²) in [5, 5.41) is 23.1. The number of ether oxygens (including phenoxy) is 1. The van der Waals surface area contributed by atoms with Crippen LogP contribution < -0.4 is 10.6 Å². The molecular weight excluding hydrogens is 450 g/mol. The summed E-state index contributed by atoms with van der Waals surface area (Å²) in [6.45, 7) is -0.170. The summed E-state index contributed by atoms with van der Waals surface area (Å²) in [4.78, 5) is 40.1. The van der Waals surface area contributed by atoms with Crippen LogP contribution in [0.1, 0.15) is 39.5 Å². The van der Waals surface area contributed by atoms with Crippen molar-refractivity contribution in [2.45, 2.75) is 24.9 Å². The van der Waals surface area contributed by atoms with Gasteiger partial charge in [0.15, 0.2) is 0 Å². The maximum absolute atomic E-state index is 12.4. The van der Waals surface area contributed by atoms with E-state index in [0.29, 0.717) is 5.69 Å². The van der Waals surface area contributed by atoms with Gasteiger partial charge in [0.25, 0.3) is 5.91 Å². The molecule has 1 aromatic heterocycles. The quantitative estimate of drug-likeness (QED) is 0.373. The average Bonchev–Trinajstić information content (AvgIpc) is 3.19. The fourth-order valence-corrected chi connectivity index (χ4v) is 4.16. The van der Waals surface area contributed by atoms with Gasteiger partial charge >= 0.3 is 12.1 Å². The Bertz CT molecular complexity index is 1200. The molecule has 35 heavy (non-hydrogen) atoms. The van der Waals surface area contributed by atoms with Gasteiger partial charge in [-0.15, -0.1) is 0 Å². The molecule has 2 aromatic carbocycles. The zero-order chi connectivity index (χ0) is 24.8. The maximum atomic E-state index is 12.4. The number of hydrogen-bond acceptors (Lipinski definition) is 6. The first-order chi connectivity index (χ1) is 17.0. The molecule has 0 saturated carbocycles. The lowest BCUT2D eigenvalue weighted by molar-refractivity contribution is -0.139. The lowest BCUT2D eigenvalue weighted by Gasteiger charge is -2.15. The van der Waals surface area contributed by atoms with Crippen molar-refractivity contribution in [3.05, 3.63) is 89.2 Å². The Morgan fingerprint density at radius 3 is 2.29 bits per heavy atom. The number of aliphatic hydroxyl groups is 1. The van der Waals surface area contributed by atoms with Crippen molar-refractivity contribution in [3.8, 4) is 11.1 Å². The highest BCUT2D eigenvalue weighted by atomic mass is 16.5. The number of fused-ring (bicyclic) bond motifs is 3. The monoisotopic (exact) mass is 475 g/mol. The largest absolute Gasteiger partial charge is 0.480 e. The van der Waals surface area contributed by atoms with Crippen LogP contribution in [0.2, 0.25) is 0 Å². The van der Waals surface area contributed by atoms with Crippen molar-refractivity contribution in [3.63, 3.8) is 0 Å². The van der Waals surface area contributed by atoms with Crippen LogP contribution in [0, 0.1) is 0 Å². The second-order valence-electron chi connectivity index (χ2n) is 8.09. The third-order valence-electron chi connectivity index (χ3n) is 5.86. The van der Waals surface area contributed by atoms with E-state index >= 15 is 0 Å². The van der Waals surface area contributed by atoms with Crippen molar-refractivity contribution in [2.24, 2.45) is 0 Å². The van der Waals surface area contributed by atoms with Crippen molar-refractivity contribution in [1.82, 2.24) is 15.6 Å². The predicted molar refractivity (Wildman–Crippen MR) is 127 cm³/mol. The minimum absolute atomic E-state index is 0.0246. The van der Waals surface area contributed by atoms with Crippen LogP contribution in [-0.2, 0) is 16.1 Å². The molecule has 3 aromatic rings. The second-order valence-corrected chi connectivity index (χ2v) is 8.09. The molecule has 0 fully saturated rings. The molecule has 2 amide bonds. The summed E-state index contributed by atoms with van der Waals surface area (Å²) < 4.78 is 5.50. The number of carboxylic acid groups (broad SMARTS) is 1. The van der Waals surface area contributed by atoms with Gasteiger partial charge in [0.1, 0.15) is 12.6 Å². The molecule has 4 N–H and O–H groups in total. The number of carbonyl (C=O) groups excluding carboxylic acids is 2. The first kappa shape index (κ1) is 23.9. The van der Waals surface area contributed by atoms with Gasteiger partial charge in [-0.05, 0) is 34.4 Å². The number of nitrogens with one attached hydrogen (secondary N) is 2. The first-order valence-electron chi connectivity index (χ1n) is 11.2. The van der Waals surface area contributed by atoms with Gasteiger partial charge in [-0.1, -0.05) is 48.5 Å². The van der Waals surface area contributed by atoms with Gasteiger partial charge in [-0.2, -0.15) is 0 Å². The first-order valence-corrected chi connectivity index (χ1v) is 11.2. The number of pyridine rings is 1. The summed E-state index contributed by atoms with van der Waals surface area (Å²) in [6.07, 6.45) is 0.672. The minimum atomic E-state index is -1.24. The van der Waals surface area contributed by atoms with Crippen LogP contribution in [-0.4, -0.2) is 52.4 Å². The molecule has 1 aliphatic rings. The zero-order valence-electron chi connectivity index (χ0n) is 18.8. The lowest BCUT2D eigenvalue weighted by Crippen LogP contribution is -2.41. The SMILES string of the molecule is O=C(NCc1cc(C(=O)N[C@H](CCO)C(=O)O)ccn1)OCC1c2ccccc2-c2ccccc21. The van der Waals surface area contributed by atoms with E-state index in [1.807, 2.05) is 36.4 Å². The van der Waals surface area contributed by atoms with E-state index in [1.165, 1.54) is 18.3 Å². The molecule has 0 aliphatic heterocycles. The number of nitrogens with zero attached hydrogens (tertiary/aromatic N) is 1. The average molecular weight is 476 g/mol. The van der Waals surface area contributed by atoms with Gasteiger partial charge < -0.3 is 25.6 Å². The molecule has 9 nitrogen and oxygen atoms in total. The minimum Gasteiger partial charge on any atom is -0.480 e. The number of carboxylic acids is 1. The highest BCUT2D eigenvalue weighted by Crippen LogP contribution is 2.44. The normalized spacial score (nSPS) is 12.8. The standard InChI is InChI=1S/C26H25N3O6/c30-12-10-23(25(32)33)29-24(31)16-9-11-27-17(13-16)14-28-26(34)35-15-22-20-7-3-1-5-18(20)19-6-2-4-8-21(19)22/h1-9,11,13,22-23,30H,10,12,14-15H2,(H,28,34)(H,29,31)(H,32,33)/t23-/m1/s1. The van der Waals surface area contributed by atoms with E-state index < -0.39 is 24.0 Å². The summed E-state index contributed by atoms with van der Waals surface area (Å²) in [5.41, 5.74) is 5.10. The predicted octanol–water partition coefficient (Wildman–Crippen LogP) is 2.69. The highest BCUT2D eigenvalue weighted by molar-refractivity contribution is 5.96. The maximum Gasteiger partial charge on any atom is 0.407 e. The molecule has 0 saturated heterocycles. The van der Waals surface area contributed by atoms with Gasteiger partial charge in [0.2, 0.25) is 0 Å². The summed E-state index contributed by atoms with van der Waals surface area (Å²) in [7, 11) is 0. The molecule has 1 atom stereocenters. The van der Waals surface area contributed by atoms with Crippen molar-refractivity contribution >= 4 is 18.0 Å². The van der Waals surface area contributed by atoms with Crippen LogP contribution in [0.25, 0.3) is 11.1 Å². The molecule has 1 aliphatic carbocycles. The van der Waals surface area contributed by atoms with Gasteiger partial charge in [-0.25, -0.2) is 9.59 Å². The smallest absolute Gasteiger partial charge is 0.407 e. The van der Waals surface area contributed by atoms with Gasteiger partial charge in [0.05, 0.1) is 12.2 Å². The van der Waals surface area contributed by atoms with Gasteiger partial charge in [0, 0.05) is 30.7 Å². The topological polar surface area (TPSA) is 138 Å². The Balaban J connectivity index is 1.34. The number of amides is 2.